The van der Waals surface area contributed by atoms with Gasteiger partial charge < -0.3 is 10.5 Å². The molecule has 1 aromatic rings. The van der Waals surface area contributed by atoms with Crippen molar-refractivity contribution in [2.45, 2.75) is 25.7 Å². The lowest BCUT2D eigenvalue weighted by molar-refractivity contribution is -0.149. The molecule has 0 aliphatic rings. The number of methoxy groups -OCH3 is 1. The first-order chi connectivity index (χ1) is 7.86. The summed E-state index contributed by atoms with van der Waals surface area (Å²) in [6.45, 7) is 5.80. The van der Waals surface area contributed by atoms with Crippen LogP contribution in [0.25, 0.3) is 0 Å². The minimum Gasteiger partial charge on any atom is -0.469 e. The number of thioether (sulfide) groups is 1. The van der Waals surface area contributed by atoms with Gasteiger partial charge in [0.15, 0.2) is 0 Å². The van der Waals surface area contributed by atoms with Gasteiger partial charge in [0.1, 0.15) is 0 Å². The van der Waals surface area contributed by atoms with Crippen molar-refractivity contribution in [1.29, 1.82) is 0 Å². The summed E-state index contributed by atoms with van der Waals surface area (Å²) in [6, 6.07) is 5.81. The number of aryl methyl sites for hydroxylation is 1. The van der Waals surface area contributed by atoms with E-state index in [-0.39, 0.29) is 5.97 Å². The van der Waals surface area contributed by atoms with Crippen molar-refractivity contribution in [2.75, 3.05) is 18.6 Å². The molecule has 0 amide bonds. The van der Waals surface area contributed by atoms with Gasteiger partial charge in [0.25, 0.3) is 0 Å². The monoisotopic (exact) mass is 253 g/mol. The van der Waals surface area contributed by atoms with Crippen molar-refractivity contribution in [2.24, 2.45) is 5.41 Å². The maximum Gasteiger partial charge on any atom is 0.312 e. The number of benzene rings is 1. The van der Waals surface area contributed by atoms with E-state index in [4.69, 9.17) is 10.5 Å². The van der Waals surface area contributed by atoms with Crippen LogP contribution >= 0.6 is 11.8 Å². The highest BCUT2D eigenvalue weighted by atomic mass is 32.2. The van der Waals surface area contributed by atoms with Gasteiger partial charge >= 0.3 is 5.97 Å². The molecule has 0 aromatic heterocycles. The topological polar surface area (TPSA) is 52.3 Å². The molecule has 0 fully saturated rings. The number of rotatable bonds is 4. The number of carbonyl (C=O) groups is 1. The molecule has 1 aromatic carbocycles. The molecule has 0 bridgehead atoms. The van der Waals surface area contributed by atoms with Crippen molar-refractivity contribution >= 4 is 23.4 Å². The van der Waals surface area contributed by atoms with E-state index in [0.29, 0.717) is 5.75 Å². The van der Waals surface area contributed by atoms with E-state index in [1.807, 2.05) is 39.0 Å². The van der Waals surface area contributed by atoms with Crippen LogP contribution in [0.2, 0.25) is 0 Å². The molecule has 0 aliphatic heterocycles. The number of carbonyl (C=O) groups excluding carboxylic acids is 1. The molecular weight excluding hydrogens is 234 g/mol. The lowest BCUT2D eigenvalue weighted by atomic mass is 9.97. The van der Waals surface area contributed by atoms with Crippen LogP contribution in [0.5, 0.6) is 0 Å². The Hall–Kier alpha value is -1.16. The number of hydrogen-bond acceptors (Lipinski definition) is 4. The van der Waals surface area contributed by atoms with Crippen molar-refractivity contribution in [1.82, 2.24) is 0 Å². The molecule has 0 saturated heterocycles. The van der Waals surface area contributed by atoms with Gasteiger partial charge in [-0.1, -0.05) is 6.07 Å². The van der Waals surface area contributed by atoms with Crippen LogP contribution < -0.4 is 5.73 Å². The van der Waals surface area contributed by atoms with Gasteiger partial charge in [0, 0.05) is 16.3 Å². The van der Waals surface area contributed by atoms with E-state index < -0.39 is 5.41 Å². The summed E-state index contributed by atoms with van der Waals surface area (Å²) in [4.78, 5) is 12.7. The number of anilines is 1. The van der Waals surface area contributed by atoms with E-state index in [1.54, 1.807) is 11.8 Å². The Morgan fingerprint density at radius 3 is 2.71 bits per heavy atom. The number of esters is 1. The molecule has 94 valence electrons. The standard InChI is InChI=1S/C13H19NO2S/c1-9-5-6-10(14)7-11(9)17-8-13(2,3)12(15)16-4/h5-7H,8,14H2,1-4H3. The molecule has 0 spiro atoms. The summed E-state index contributed by atoms with van der Waals surface area (Å²) in [6.07, 6.45) is 0. The zero-order valence-electron chi connectivity index (χ0n) is 10.7. The number of nitrogens with two attached hydrogens (primary N) is 1. The second kappa shape index (κ2) is 5.45. The van der Waals surface area contributed by atoms with E-state index >= 15 is 0 Å². The second-order valence-corrected chi connectivity index (χ2v) is 5.71. The van der Waals surface area contributed by atoms with Crippen LogP contribution in [0.3, 0.4) is 0 Å². The Morgan fingerprint density at radius 1 is 1.47 bits per heavy atom. The van der Waals surface area contributed by atoms with E-state index in [1.165, 1.54) is 12.7 Å². The smallest absolute Gasteiger partial charge is 0.312 e. The molecule has 3 nitrogen and oxygen atoms in total. The maximum absolute atomic E-state index is 11.5. The third-order valence-electron chi connectivity index (χ3n) is 2.54. The molecule has 0 heterocycles. The Kier molecular flexibility index (Phi) is 4.46. The third kappa shape index (κ3) is 3.66. The minimum absolute atomic E-state index is 0.188. The van der Waals surface area contributed by atoms with Crippen molar-refractivity contribution < 1.29 is 9.53 Å². The zero-order chi connectivity index (χ0) is 13.1. The van der Waals surface area contributed by atoms with Gasteiger partial charge in [-0.15, -0.1) is 11.8 Å². The quantitative estimate of drug-likeness (QED) is 0.509. The molecule has 1 rings (SSSR count). The lowest BCUT2D eigenvalue weighted by Crippen LogP contribution is -2.28. The van der Waals surface area contributed by atoms with Crippen molar-refractivity contribution in [3.63, 3.8) is 0 Å². The molecule has 0 unspecified atom stereocenters. The van der Waals surface area contributed by atoms with Gasteiger partial charge in [0.2, 0.25) is 0 Å². The first-order valence-corrected chi connectivity index (χ1v) is 6.43. The fourth-order valence-electron chi connectivity index (χ4n) is 1.37. The first-order valence-electron chi connectivity index (χ1n) is 5.44. The maximum atomic E-state index is 11.5. The molecule has 0 atom stereocenters. The summed E-state index contributed by atoms with van der Waals surface area (Å²) >= 11 is 1.63. The number of hydrogen-bond donors (Lipinski definition) is 1. The van der Waals surface area contributed by atoms with Gasteiger partial charge in [0.05, 0.1) is 12.5 Å². The second-order valence-electron chi connectivity index (χ2n) is 4.69. The average Bonchev–Trinajstić information content (AvgIpc) is 2.29. The average molecular weight is 253 g/mol. The van der Waals surface area contributed by atoms with Crippen LogP contribution in [-0.4, -0.2) is 18.8 Å². The van der Waals surface area contributed by atoms with Gasteiger partial charge in [-0.25, -0.2) is 0 Å². The molecule has 17 heavy (non-hydrogen) atoms. The van der Waals surface area contributed by atoms with Gasteiger partial charge in [-0.05, 0) is 38.5 Å². The third-order valence-corrected chi connectivity index (χ3v) is 4.16. The summed E-state index contributed by atoms with van der Waals surface area (Å²) in [5.41, 5.74) is 7.17. The summed E-state index contributed by atoms with van der Waals surface area (Å²) in [7, 11) is 1.42. The van der Waals surface area contributed by atoms with Gasteiger partial charge in [-0.2, -0.15) is 0 Å². The van der Waals surface area contributed by atoms with Crippen molar-refractivity contribution in [3.8, 4) is 0 Å². The van der Waals surface area contributed by atoms with Crippen LogP contribution in [0.1, 0.15) is 19.4 Å². The molecule has 0 saturated carbocycles. The predicted molar refractivity (Wildman–Crippen MR) is 72.1 cm³/mol. The van der Waals surface area contributed by atoms with E-state index in [0.717, 1.165) is 10.6 Å². The Bertz CT molecular complexity index is 416. The SMILES string of the molecule is COC(=O)C(C)(C)CSc1cc(N)ccc1C. The van der Waals surface area contributed by atoms with Crippen molar-refractivity contribution in [3.05, 3.63) is 23.8 Å². The zero-order valence-corrected chi connectivity index (χ0v) is 11.6. The largest absolute Gasteiger partial charge is 0.469 e. The molecule has 2 N–H and O–H groups in total. The summed E-state index contributed by atoms with van der Waals surface area (Å²) in [5, 5.41) is 0. The minimum atomic E-state index is -0.490. The molecular formula is C13H19NO2S. The van der Waals surface area contributed by atoms with Crippen LogP contribution in [0.15, 0.2) is 23.1 Å². The summed E-state index contributed by atoms with van der Waals surface area (Å²) in [5.74, 6) is 0.482. The summed E-state index contributed by atoms with van der Waals surface area (Å²) < 4.78 is 4.78. The number of ether oxygens (including phenoxy) is 1. The van der Waals surface area contributed by atoms with Gasteiger partial charge in [-0.3, -0.25) is 4.79 Å². The predicted octanol–water partition coefficient (Wildman–Crippen LogP) is 2.87. The van der Waals surface area contributed by atoms with Crippen LogP contribution in [0, 0.1) is 12.3 Å². The van der Waals surface area contributed by atoms with Crippen LogP contribution in [0.4, 0.5) is 5.69 Å². The normalized spacial score (nSPS) is 11.3. The Balaban J connectivity index is 2.73. The van der Waals surface area contributed by atoms with Crippen LogP contribution in [-0.2, 0) is 9.53 Å². The highest BCUT2D eigenvalue weighted by Gasteiger charge is 2.28. The Morgan fingerprint density at radius 2 is 2.12 bits per heavy atom. The fourth-order valence-corrected chi connectivity index (χ4v) is 2.51. The van der Waals surface area contributed by atoms with E-state index in [9.17, 15) is 4.79 Å². The highest BCUT2D eigenvalue weighted by Crippen LogP contribution is 2.31. The first kappa shape index (κ1) is 13.9. The molecule has 0 radical (unpaired) electrons. The highest BCUT2D eigenvalue weighted by molar-refractivity contribution is 7.99. The molecule has 0 aliphatic carbocycles. The van der Waals surface area contributed by atoms with E-state index in [2.05, 4.69) is 0 Å². The number of nitrogen functional groups attached to an aromatic ring is 1. The molecule has 4 heteroatoms. The lowest BCUT2D eigenvalue weighted by Gasteiger charge is -2.21. The Labute approximate surface area is 107 Å². The fraction of sp³-hybridized carbons (Fsp3) is 0.462.